The first-order chi connectivity index (χ1) is 4.86. The molecule has 0 bridgehead atoms. The average Bonchev–Trinajstić information content (AvgIpc) is 2.33. The zero-order valence-corrected chi connectivity index (χ0v) is 5.93. The van der Waals surface area contributed by atoms with Crippen molar-refractivity contribution in [2.75, 3.05) is 13.1 Å². The summed E-state index contributed by atoms with van der Waals surface area (Å²) >= 11 is 0. The highest BCUT2D eigenvalue weighted by Crippen LogP contribution is 2.07. The highest BCUT2D eigenvalue weighted by molar-refractivity contribution is 4.93. The van der Waals surface area contributed by atoms with Crippen LogP contribution in [-0.2, 0) is 0 Å². The van der Waals surface area contributed by atoms with Crippen LogP contribution in [0, 0.1) is 0 Å². The van der Waals surface area contributed by atoms with Crippen LogP contribution in [0.4, 0.5) is 0 Å². The Morgan fingerprint density at radius 1 is 1.30 bits per heavy atom. The van der Waals surface area contributed by atoms with Gasteiger partial charge in [-0.1, -0.05) is 0 Å². The van der Waals surface area contributed by atoms with Gasteiger partial charge in [0.25, 0.3) is 0 Å². The number of hydrogen-bond acceptors (Lipinski definition) is 4. The third-order valence-corrected chi connectivity index (χ3v) is 2.21. The Bertz CT molecular complexity index is 127. The van der Waals surface area contributed by atoms with Gasteiger partial charge in [0.2, 0.25) is 0 Å². The largest absolute Gasteiger partial charge is 0.315 e. The van der Waals surface area contributed by atoms with Gasteiger partial charge in [-0.2, -0.15) is 0 Å². The van der Waals surface area contributed by atoms with Crippen molar-refractivity contribution in [1.29, 1.82) is 0 Å². The molecule has 10 heavy (non-hydrogen) atoms. The molecule has 0 spiro atoms. The number of nitrogens with one attached hydrogen (secondary N) is 3. The molecular formula is C6H14N4. The first kappa shape index (κ1) is 6.54. The summed E-state index contributed by atoms with van der Waals surface area (Å²) < 4.78 is 0. The maximum absolute atomic E-state index is 5.69. The van der Waals surface area contributed by atoms with Crippen LogP contribution in [-0.4, -0.2) is 31.5 Å². The van der Waals surface area contributed by atoms with Gasteiger partial charge in [0.15, 0.2) is 0 Å². The van der Waals surface area contributed by atoms with Gasteiger partial charge in [0.1, 0.15) is 0 Å². The van der Waals surface area contributed by atoms with Crippen molar-refractivity contribution < 1.29 is 0 Å². The highest BCUT2D eigenvalue weighted by Gasteiger charge is 2.30. The molecule has 0 amide bonds. The molecule has 4 heteroatoms. The fourth-order valence-corrected chi connectivity index (χ4v) is 1.69. The van der Waals surface area contributed by atoms with Gasteiger partial charge in [-0.25, -0.2) is 0 Å². The minimum absolute atomic E-state index is 0.140. The molecule has 0 aromatic rings. The molecular weight excluding hydrogens is 128 g/mol. The van der Waals surface area contributed by atoms with E-state index in [1.54, 1.807) is 0 Å². The fraction of sp³-hybridized carbons (Fsp3) is 1.00. The molecule has 2 heterocycles. The van der Waals surface area contributed by atoms with Crippen molar-refractivity contribution in [2.45, 2.75) is 24.8 Å². The zero-order chi connectivity index (χ0) is 6.97. The molecule has 0 aliphatic carbocycles. The topological polar surface area (TPSA) is 62.1 Å². The monoisotopic (exact) mass is 142 g/mol. The molecule has 2 unspecified atom stereocenters. The predicted molar refractivity (Wildman–Crippen MR) is 39.3 cm³/mol. The molecule has 2 fully saturated rings. The van der Waals surface area contributed by atoms with E-state index in [1.165, 1.54) is 6.42 Å². The zero-order valence-electron chi connectivity index (χ0n) is 5.93. The first-order valence-corrected chi connectivity index (χ1v) is 3.84. The number of fused-ring (bicyclic) bond motifs is 1. The summed E-state index contributed by atoms with van der Waals surface area (Å²) in [7, 11) is 0. The van der Waals surface area contributed by atoms with Crippen molar-refractivity contribution in [3.63, 3.8) is 0 Å². The van der Waals surface area contributed by atoms with Gasteiger partial charge in [-0.15, -0.1) is 0 Å². The van der Waals surface area contributed by atoms with Crippen molar-refractivity contribution in [3.8, 4) is 0 Å². The lowest BCUT2D eigenvalue weighted by Gasteiger charge is -2.32. The molecule has 2 rings (SSSR count). The molecule has 0 saturated carbocycles. The van der Waals surface area contributed by atoms with Gasteiger partial charge in [-0.05, 0) is 13.0 Å². The van der Waals surface area contributed by atoms with Crippen LogP contribution in [0.25, 0.3) is 0 Å². The lowest BCUT2D eigenvalue weighted by Crippen LogP contribution is -2.64. The molecule has 5 N–H and O–H groups in total. The van der Waals surface area contributed by atoms with Gasteiger partial charge in [0.05, 0.1) is 12.3 Å². The Labute approximate surface area is 60.5 Å². The van der Waals surface area contributed by atoms with Gasteiger partial charge < -0.3 is 11.1 Å². The van der Waals surface area contributed by atoms with Crippen LogP contribution in [0.2, 0.25) is 0 Å². The van der Waals surface area contributed by atoms with Crippen molar-refractivity contribution in [1.82, 2.24) is 16.0 Å². The smallest absolute Gasteiger partial charge is 0.0732 e. The minimum atomic E-state index is 0.140. The van der Waals surface area contributed by atoms with Crippen LogP contribution in [0.3, 0.4) is 0 Å². The second kappa shape index (κ2) is 2.47. The Morgan fingerprint density at radius 2 is 2.20 bits per heavy atom. The summed E-state index contributed by atoms with van der Waals surface area (Å²) in [5.41, 5.74) is 5.69. The molecule has 58 valence electrons. The lowest BCUT2D eigenvalue weighted by molar-refractivity contribution is 0.283. The Balaban J connectivity index is 1.96. The Hall–Kier alpha value is -0.160. The summed E-state index contributed by atoms with van der Waals surface area (Å²) in [6.07, 6.45) is 1.78. The SMILES string of the molecule is NC1CNC2NCC[C@@H]2N1. The molecule has 2 aliphatic rings. The Morgan fingerprint density at radius 3 is 3.10 bits per heavy atom. The number of hydrogen-bond donors (Lipinski definition) is 4. The van der Waals surface area contributed by atoms with E-state index in [4.69, 9.17) is 5.73 Å². The Kier molecular flexibility index (Phi) is 1.61. The molecule has 0 aromatic carbocycles. The summed E-state index contributed by atoms with van der Waals surface area (Å²) in [5.74, 6) is 0. The molecule has 2 saturated heterocycles. The first-order valence-electron chi connectivity index (χ1n) is 3.84. The van der Waals surface area contributed by atoms with E-state index in [0.29, 0.717) is 12.2 Å². The molecule has 0 aromatic heterocycles. The number of piperazine rings is 1. The molecule has 3 atom stereocenters. The quantitative estimate of drug-likeness (QED) is 0.321. The van der Waals surface area contributed by atoms with E-state index < -0.39 is 0 Å². The summed E-state index contributed by atoms with van der Waals surface area (Å²) in [6.45, 7) is 1.97. The van der Waals surface area contributed by atoms with E-state index in [2.05, 4.69) is 16.0 Å². The van der Waals surface area contributed by atoms with E-state index in [-0.39, 0.29) is 6.17 Å². The summed E-state index contributed by atoms with van der Waals surface area (Å²) in [5, 5.41) is 10.0. The van der Waals surface area contributed by atoms with Gasteiger partial charge >= 0.3 is 0 Å². The second-order valence-corrected chi connectivity index (χ2v) is 3.01. The maximum atomic E-state index is 5.69. The normalized spacial score (nSPS) is 47.1. The van der Waals surface area contributed by atoms with Crippen molar-refractivity contribution in [2.24, 2.45) is 5.73 Å². The third kappa shape index (κ3) is 1.03. The predicted octanol–water partition coefficient (Wildman–Crippen LogP) is -1.85. The molecule has 2 aliphatic heterocycles. The van der Waals surface area contributed by atoms with Crippen LogP contribution >= 0.6 is 0 Å². The van der Waals surface area contributed by atoms with Crippen LogP contribution < -0.4 is 21.7 Å². The van der Waals surface area contributed by atoms with E-state index >= 15 is 0 Å². The van der Waals surface area contributed by atoms with Crippen molar-refractivity contribution >= 4 is 0 Å². The van der Waals surface area contributed by atoms with E-state index in [0.717, 1.165) is 13.1 Å². The number of rotatable bonds is 0. The van der Waals surface area contributed by atoms with E-state index in [1.807, 2.05) is 0 Å². The summed E-state index contributed by atoms with van der Waals surface area (Å²) in [4.78, 5) is 0. The molecule has 4 nitrogen and oxygen atoms in total. The third-order valence-electron chi connectivity index (χ3n) is 2.21. The van der Waals surface area contributed by atoms with Crippen LogP contribution in [0.15, 0.2) is 0 Å². The maximum Gasteiger partial charge on any atom is 0.0732 e. The second-order valence-electron chi connectivity index (χ2n) is 3.01. The van der Waals surface area contributed by atoms with E-state index in [9.17, 15) is 0 Å². The van der Waals surface area contributed by atoms with Crippen molar-refractivity contribution in [3.05, 3.63) is 0 Å². The lowest BCUT2D eigenvalue weighted by atomic mass is 10.1. The molecule has 0 radical (unpaired) electrons. The van der Waals surface area contributed by atoms with Gasteiger partial charge in [-0.3, -0.25) is 10.6 Å². The number of nitrogens with two attached hydrogens (primary N) is 1. The van der Waals surface area contributed by atoms with Crippen LogP contribution in [0.5, 0.6) is 0 Å². The minimum Gasteiger partial charge on any atom is -0.315 e. The summed E-state index contributed by atoms with van der Waals surface area (Å²) in [6, 6.07) is 0.545. The standard InChI is InChI=1S/C6H14N4/c7-5-3-9-6-4(10-5)1-2-8-6/h4-6,8-10H,1-3,7H2/t4-,5?,6?/m0/s1. The average molecular weight is 142 g/mol. The highest BCUT2D eigenvalue weighted by atomic mass is 15.3. The van der Waals surface area contributed by atoms with Gasteiger partial charge in [0, 0.05) is 12.6 Å². The fourth-order valence-electron chi connectivity index (χ4n) is 1.69. The van der Waals surface area contributed by atoms with Crippen LogP contribution in [0.1, 0.15) is 6.42 Å².